The van der Waals surface area contributed by atoms with Gasteiger partial charge in [0.25, 0.3) is 5.91 Å². The average Bonchev–Trinajstić information content (AvgIpc) is 3.04. The number of rotatable bonds is 5. The molecule has 2 aliphatic heterocycles. The van der Waals surface area contributed by atoms with Gasteiger partial charge in [-0.15, -0.1) is 0 Å². The number of amides is 1. The highest BCUT2D eigenvalue weighted by Crippen LogP contribution is 2.21. The first-order chi connectivity index (χ1) is 11.7. The molecule has 0 aromatic carbocycles. The minimum Gasteiger partial charge on any atom is -0.447 e. The van der Waals surface area contributed by atoms with E-state index in [1.807, 2.05) is 11.9 Å². The Balaban J connectivity index is 1.46. The van der Waals surface area contributed by atoms with E-state index in [9.17, 15) is 4.79 Å². The highest BCUT2D eigenvalue weighted by molar-refractivity contribution is 5.92. The minimum absolute atomic E-state index is 0.0445. The van der Waals surface area contributed by atoms with Crippen molar-refractivity contribution in [3.63, 3.8) is 0 Å². The number of likely N-dealkylation sites (tertiary alicyclic amines) is 2. The van der Waals surface area contributed by atoms with Crippen LogP contribution in [-0.2, 0) is 11.3 Å². The highest BCUT2D eigenvalue weighted by atomic mass is 16.5. The summed E-state index contributed by atoms with van der Waals surface area (Å²) in [5.41, 5.74) is 0.397. The summed E-state index contributed by atoms with van der Waals surface area (Å²) in [6, 6.07) is 0. The average molecular weight is 336 g/mol. The van der Waals surface area contributed by atoms with Gasteiger partial charge in [0, 0.05) is 19.6 Å². The molecule has 1 N–H and O–H groups in total. The SMILES string of the molecule is CNCc1nc(C(=O)N2CCC(OC3CCCN(C)C3)CC2)co1. The molecule has 0 saturated carbocycles. The van der Waals surface area contributed by atoms with E-state index < -0.39 is 0 Å². The van der Waals surface area contributed by atoms with Crippen LogP contribution in [0.4, 0.5) is 0 Å². The standard InChI is InChI=1S/C17H28N4O3/c1-18-10-16-19-15(12-23-16)17(22)21-8-5-13(6-9-21)24-14-4-3-7-20(2)11-14/h12-14,18H,3-11H2,1-2H3. The third-order valence-electron chi connectivity index (χ3n) is 4.79. The molecule has 1 aromatic heterocycles. The number of hydrogen-bond donors (Lipinski definition) is 1. The fourth-order valence-electron chi connectivity index (χ4n) is 3.50. The molecule has 1 unspecified atom stereocenters. The number of hydrogen-bond acceptors (Lipinski definition) is 6. The van der Waals surface area contributed by atoms with E-state index in [2.05, 4.69) is 22.2 Å². The molecule has 1 amide bonds. The van der Waals surface area contributed by atoms with Crippen molar-refractivity contribution < 1.29 is 13.9 Å². The van der Waals surface area contributed by atoms with Crippen molar-refractivity contribution in [2.75, 3.05) is 40.3 Å². The summed E-state index contributed by atoms with van der Waals surface area (Å²) in [7, 11) is 3.97. The lowest BCUT2D eigenvalue weighted by molar-refractivity contribution is -0.0632. The number of carbonyl (C=O) groups excluding carboxylic acids is 1. The van der Waals surface area contributed by atoms with Gasteiger partial charge in [0.2, 0.25) is 5.89 Å². The Morgan fingerprint density at radius 3 is 2.83 bits per heavy atom. The van der Waals surface area contributed by atoms with Crippen molar-refractivity contribution in [3.05, 3.63) is 17.8 Å². The zero-order valence-electron chi connectivity index (χ0n) is 14.7. The van der Waals surface area contributed by atoms with Gasteiger partial charge in [-0.1, -0.05) is 0 Å². The largest absolute Gasteiger partial charge is 0.447 e. The Morgan fingerprint density at radius 2 is 2.12 bits per heavy atom. The predicted octanol–water partition coefficient (Wildman–Crippen LogP) is 1.11. The van der Waals surface area contributed by atoms with E-state index in [-0.39, 0.29) is 12.0 Å². The second-order valence-corrected chi connectivity index (χ2v) is 6.81. The first-order valence-electron chi connectivity index (χ1n) is 8.88. The summed E-state index contributed by atoms with van der Waals surface area (Å²) in [5.74, 6) is 0.498. The molecule has 3 rings (SSSR count). The van der Waals surface area contributed by atoms with Crippen LogP contribution in [0.2, 0.25) is 0 Å². The quantitative estimate of drug-likeness (QED) is 0.868. The molecule has 2 aliphatic rings. The Bertz CT molecular complexity index is 540. The second-order valence-electron chi connectivity index (χ2n) is 6.81. The number of ether oxygens (including phenoxy) is 1. The van der Waals surface area contributed by atoms with Crippen molar-refractivity contribution in [2.45, 2.75) is 44.4 Å². The predicted molar refractivity (Wildman–Crippen MR) is 89.8 cm³/mol. The normalized spacial score (nSPS) is 23.6. The molecule has 0 aliphatic carbocycles. The third-order valence-corrected chi connectivity index (χ3v) is 4.79. The fraction of sp³-hybridized carbons (Fsp3) is 0.765. The summed E-state index contributed by atoms with van der Waals surface area (Å²) in [6.45, 7) is 4.16. The zero-order valence-corrected chi connectivity index (χ0v) is 14.7. The summed E-state index contributed by atoms with van der Waals surface area (Å²) in [4.78, 5) is 20.9. The molecule has 24 heavy (non-hydrogen) atoms. The molecular formula is C17H28N4O3. The van der Waals surface area contributed by atoms with E-state index >= 15 is 0 Å². The molecule has 0 spiro atoms. The van der Waals surface area contributed by atoms with Crippen LogP contribution < -0.4 is 5.32 Å². The van der Waals surface area contributed by atoms with Gasteiger partial charge in [-0.25, -0.2) is 4.98 Å². The van der Waals surface area contributed by atoms with E-state index in [4.69, 9.17) is 9.15 Å². The van der Waals surface area contributed by atoms with Crippen LogP contribution >= 0.6 is 0 Å². The first-order valence-corrected chi connectivity index (χ1v) is 8.88. The maximum atomic E-state index is 12.5. The second kappa shape index (κ2) is 8.09. The summed E-state index contributed by atoms with van der Waals surface area (Å²) >= 11 is 0. The lowest BCUT2D eigenvalue weighted by Crippen LogP contribution is -2.44. The Labute approximate surface area is 143 Å². The first kappa shape index (κ1) is 17.4. The Hall–Kier alpha value is -1.44. The van der Waals surface area contributed by atoms with E-state index in [0.29, 0.717) is 24.2 Å². The number of oxazole rings is 1. The fourth-order valence-corrected chi connectivity index (χ4v) is 3.50. The van der Waals surface area contributed by atoms with Gasteiger partial charge in [-0.05, 0) is 46.3 Å². The maximum absolute atomic E-state index is 12.5. The third kappa shape index (κ3) is 4.34. The van der Waals surface area contributed by atoms with Crippen LogP contribution in [0.3, 0.4) is 0 Å². The van der Waals surface area contributed by atoms with Gasteiger partial charge in [-0.2, -0.15) is 0 Å². The Kier molecular flexibility index (Phi) is 5.86. The van der Waals surface area contributed by atoms with Crippen molar-refractivity contribution in [1.82, 2.24) is 20.1 Å². The van der Waals surface area contributed by atoms with Crippen LogP contribution in [0.1, 0.15) is 42.1 Å². The molecule has 7 heteroatoms. The molecule has 7 nitrogen and oxygen atoms in total. The number of nitrogens with one attached hydrogen (secondary N) is 1. The van der Waals surface area contributed by atoms with Gasteiger partial charge >= 0.3 is 0 Å². The van der Waals surface area contributed by atoms with Crippen molar-refractivity contribution >= 4 is 5.91 Å². The van der Waals surface area contributed by atoms with E-state index in [1.54, 1.807) is 0 Å². The molecule has 3 heterocycles. The molecule has 0 bridgehead atoms. The highest BCUT2D eigenvalue weighted by Gasteiger charge is 2.28. The van der Waals surface area contributed by atoms with Crippen LogP contribution in [-0.4, -0.2) is 73.2 Å². The molecule has 134 valence electrons. The zero-order chi connectivity index (χ0) is 16.9. The van der Waals surface area contributed by atoms with Crippen LogP contribution in [0.15, 0.2) is 10.7 Å². The lowest BCUT2D eigenvalue weighted by Gasteiger charge is -2.36. The van der Waals surface area contributed by atoms with E-state index in [1.165, 1.54) is 19.2 Å². The summed E-state index contributed by atoms with van der Waals surface area (Å²) in [5, 5.41) is 2.96. The van der Waals surface area contributed by atoms with Gasteiger partial charge in [0.1, 0.15) is 6.26 Å². The molecule has 1 atom stereocenters. The number of likely N-dealkylation sites (N-methyl/N-ethyl adjacent to an activating group) is 1. The molecule has 2 saturated heterocycles. The summed E-state index contributed by atoms with van der Waals surface area (Å²) < 4.78 is 11.5. The maximum Gasteiger partial charge on any atom is 0.275 e. The number of aromatic nitrogens is 1. The topological polar surface area (TPSA) is 70.8 Å². The van der Waals surface area contributed by atoms with Crippen molar-refractivity contribution in [2.24, 2.45) is 0 Å². The van der Waals surface area contributed by atoms with Gasteiger partial charge in [0.15, 0.2) is 5.69 Å². The monoisotopic (exact) mass is 336 g/mol. The number of carbonyl (C=O) groups is 1. The van der Waals surface area contributed by atoms with Crippen LogP contribution in [0.25, 0.3) is 0 Å². The van der Waals surface area contributed by atoms with Crippen LogP contribution in [0.5, 0.6) is 0 Å². The Morgan fingerprint density at radius 1 is 1.33 bits per heavy atom. The molecule has 0 radical (unpaired) electrons. The van der Waals surface area contributed by atoms with Gasteiger partial charge in [-0.3, -0.25) is 4.79 Å². The van der Waals surface area contributed by atoms with Crippen molar-refractivity contribution in [1.29, 1.82) is 0 Å². The molecule has 2 fully saturated rings. The summed E-state index contributed by atoms with van der Waals surface area (Å²) in [6.07, 6.45) is 6.21. The van der Waals surface area contributed by atoms with E-state index in [0.717, 1.165) is 38.9 Å². The van der Waals surface area contributed by atoms with Gasteiger partial charge < -0.3 is 24.3 Å². The number of piperidine rings is 2. The molecule has 1 aromatic rings. The lowest BCUT2D eigenvalue weighted by atomic mass is 10.0. The smallest absolute Gasteiger partial charge is 0.275 e. The molecular weight excluding hydrogens is 308 g/mol. The minimum atomic E-state index is -0.0445. The van der Waals surface area contributed by atoms with Crippen LogP contribution in [0, 0.1) is 0 Å². The van der Waals surface area contributed by atoms with Crippen molar-refractivity contribution in [3.8, 4) is 0 Å². The number of nitrogens with zero attached hydrogens (tertiary/aromatic N) is 3. The van der Waals surface area contributed by atoms with Gasteiger partial charge in [0.05, 0.1) is 18.8 Å².